The van der Waals surface area contributed by atoms with Crippen LogP contribution in [0.3, 0.4) is 0 Å². The van der Waals surface area contributed by atoms with Crippen LogP contribution in [-0.2, 0) is 20.4 Å². The lowest BCUT2D eigenvalue weighted by Gasteiger charge is -2.15. The fourth-order valence-electron chi connectivity index (χ4n) is 2.44. The van der Waals surface area contributed by atoms with E-state index in [9.17, 15) is 13.2 Å². The summed E-state index contributed by atoms with van der Waals surface area (Å²) in [5.74, 6) is 0.214. The number of hydrogen-bond donors (Lipinski definition) is 1. The molecule has 4 nitrogen and oxygen atoms in total. The highest BCUT2D eigenvalue weighted by atomic mass is 32.2. The topological polar surface area (TPSA) is 63.2 Å². The normalized spacial score (nSPS) is 12.8. The molecule has 1 N–H and O–H groups in total. The Hall–Kier alpha value is -1.36. The van der Waals surface area contributed by atoms with Crippen LogP contribution in [0.5, 0.6) is 0 Å². The molecule has 130 valence electrons. The van der Waals surface area contributed by atoms with E-state index in [2.05, 4.69) is 19.2 Å². The highest BCUT2D eigenvalue weighted by Crippen LogP contribution is 2.11. The quantitative estimate of drug-likeness (QED) is 0.672. The molecule has 0 saturated carbocycles. The summed E-state index contributed by atoms with van der Waals surface area (Å²) in [6.45, 7) is 4.92. The molecule has 1 rings (SSSR count). The lowest BCUT2D eigenvalue weighted by molar-refractivity contribution is -0.120. The summed E-state index contributed by atoms with van der Waals surface area (Å²) in [5.41, 5.74) is 0.763. The maximum atomic E-state index is 12.1. The Labute approximate surface area is 140 Å². The van der Waals surface area contributed by atoms with Crippen molar-refractivity contribution in [3.05, 3.63) is 35.9 Å². The summed E-state index contributed by atoms with van der Waals surface area (Å²) in [7, 11) is -3.25. The Morgan fingerprint density at radius 2 is 1.87 bits per heavy atom. The van der Waals surface area contributed by atoms with Crippen molar-refractivity contribution < 1.29 is 13.2 Å². The van der Waals surface area contributed by atoms with E-state index in [0.29, 0.717) is 12.5 Å². The van der Waals surface area contributed by atoms with Gasteiger partial charge in [0.05, 0.1) is 11.5 Å². The van der Waals surface area contributed by atoms with E-state index in [1.165, 1.54) is 6.42 Å². The molecule has 0 aliphatic heterocycles. The molecule has 1 atom stereocenters. The standard InChI is InChI=1S/C18H29NO3S/c1-3-5-9-16(4-2)14-19-18(20)12-13-23(21,22)15-17-10-7-6-8-11-17/h6-8,10-11,16H,3-5,9,12-15H2,1-2H3,(H,19,20)/t16-/m0/s1. The summed E-state index contributed by atoms with van der Waals surface area (Å²) in [4.78, 5) is 11.9. The van der Waals surface area contributed by atoms with Gasteiger partial charge in [-0.15, -0.1) is 0 Å². The van der Waals surface area contributed by atoms with Gasteiger partial charge in [0.2, 0.25) is 5.91 Å². The first-order valence-electron chi connectivity index (χ1n) is 8.48. The molecule has 23 heavy (non-hydrogen) atoms. The fourth-order valence-corrected chi connectivity index (χ4v) is 3.78. The van der Waals surface area contributed by atoms with Crippen LogP contribution in [0.15, 0.2) is 30.3 Å². The van der Waals surface area contributed by atoms with Crippen molar-refractivity contribution >= 4 is 15.7 Å². The van der Waals surface area contributed by atoms with Gasteiger partial charge in [0.25, 0.3) is 0 Å². The van der Waals surface area contributed by atoms with E-state index in [-0.39, 0.29) is 23.8 Å². The van der Waals surface area contributed by atoms with Crippen LogP contribution < -0.4 is 5.32 Å². The third-order valence-corrected chi connectivity index (χ3v) is 5.60. The van der Waals surface area contributed by atoms with Crippen LogP contribution in [0.2, 0.25) is 0 Å². The molecule has 5 heteroatoms. The minimum atomic E-state index is -3.25. The molecule has 0 saturated heterocycles. The van der Waals surface area contributed by atoms with Gasteiger partial charge in [0.1, 0.15) is 0 Å². The lowest BCUT2D eigenvalue weighted by atomic mass is 9.99. The summed E-state index contributed by atoms with van der Waals surface area (Å²) in [6, 6.07) is 9.07. The van der Waals surface area contributed by atoms with E-state index in [1.54, 1.807) is 12.1 Å². The molecular weight excluding hydrogens is 310 g/mol. The van der Waals surface area contributed by atoms with Gasteiger partial charge in [0.15, 0.2) is 9.84 Å². The molecule has 1 aromatic carbocycles. The number of rotatable bonds is 11. The highest BCUT2D eigenvalue weighted by Gasteiger charge is 2.15. The lowest BCUT2D eigenvalue weighted by Crippen LogP contribution is -2.30. The van der Waals surface area contributed by atoms with Crippen molar-refractivity contribution in [2.24, 2.45) is 5.92 Å². The maximum Gasteiger partial charge on any atom is 0.221 e. The molecule has 0 spiro atoms. The van der Waals surface area contributed by atoms with Gasteiger partial charge >= 0.3 is 0 Å². The molecule has 0 heterocycles. The summed E-state index contributed by atoms with van der Waals surface area (Å²) in [6.07, 6.45) is 4.51. The zero-order valence-corrected chi connectivity index (χ0v) is 15.1. The van der Waals surface area contributed by atoms with Crippen molar-refractivity contribution in [1.82, 2.24) is 5.32 Å². The van der Waals surface area contributed by atoms with Gasteiger partial charge in [-0.05, 0) is 17.9 Å². The second-order valence-electron chi connectivity index (χ2n) is 6.05. The van der Waals surface area contributed by atoms with E-state index in [1.807, 2.05) is 18.2 Å². The van der Waals surface area contributed by atoms with Crippen LogP contribution in [0.25, 0.3) is 0 Å². The van der Waals surface area contributed by atoms with Crippen LogP contribution in [0, 0.1) is 5.92 Å². The van der Waals surface area contributed by atoms with Crippen molar-refractivity contribution in [3.8, 4) is 0 Å². The predicted molar refractivity (Wildman–Crippen MR) is 94.9 cm³/mol. The van der Waals surface area contributed by atoms with Crippen LogP contribution in [0.1, 0.15) is 51.5 Å². The predicted octanol–water partition coefficient (Wildman–Crippen LogP) is 3.32. The van der Waals surface area contributed by atoms with Gasteiger partial charge in [-0.3, -0.25) is 4.79 Å². The molecule has 0 aromatic heterocycles. The number of carbonyl (C=O) groups is 1. The zero-order valence-electron chi connectivity index (χ0n) is 14.3. The van der Waals surface area contributed by atoms with Crippen LogP contribution >= 0.6 is 0 Å². The van der Waals surface area contributed by atoms with E-state index >= 15 is 0 Å². The Morgan fingerprint density at radius 3 is 2.48 bits per heavy atom. The van der Waals surface area contributed by atoms with Crippen molar-refractivity contribution in [3.63, 3.8) is 0 Å². The fraction of sp³-hybridized carbons (Fsp3) is 0.611. The Bertz CT molecular complexity index is 555. The van der Waals surface area contributed by atoms with Crippen LogP contribution in [0.4, 0.5) is 0 Å². The van der Waals surface area contributed by atoms with E-state index < -0.39 is 9.84 Å². The average Bonchev–Trinajstić information content (AvgIpc) is 2.54. The summed E-state index contributed by atoms with van der Waals surface area (Å²) < 4.78 is 24.1. The van der Waals surface area contributed by atoms with E-state index in [4.69, 9.17) is 0 Å². The van der Waals surface area contributed by atoms with Gasteiger partial charge in [-0.1, -0.05) is 63.4 Å². The molecule has 0 radical (unpaired) electrons. The van der Waals surface area contributed by atoms with Crippen molar-refractivity contribution in [2.75, 3.05) is 12.3 Å². The average molecular weight is 340 g/mol. The molecule has 0 aliphatic carbocycles. The Kier molecular flexibility index (Phi) is 8.92. The number of nitrogens with one attached hydrogen (secondary N) is 1. The van der Waals surface area contributed by atoms with Crippen molar-refractivity contribution in [2.45, 2.75) is 51.7 Å². The van der Waals surface area contributed by atoms with Gasteiger partial charge in [-0.25, -0.2) is 8.42 Å². The third-order valence-electron chi connectivity index (χ3n) is 4.00. The number of unbranched alkanes of at least 4 members (excludes halogenated alkanes) is 1. The SMILES string of the molecule is CCCC[C@H](CC)CNC(=O)CCS(=O)(=O)Cc1ccccc1. The maximum absolute atomic E-state index is 12.1. The monoisotopic (exact) mass is 339 g/mol. The summed E-state index contributed by atoms with van der Waals surface area (Å²) >= 11 is 0. The second kappa shape index (κ2) is 10.4. The third kappa shape index (κ3) is 8.74. The minimum absolute atomic E-state index is 0.00476. The number of benzene rings is 1. The van der Waals surface area contributed by atoms with Gasteiger partial charge in [0, 0.05) is 13.0 Å². The Balaban J connectivity index is 2.34. The van der Waals surface area contributed by atoms with Gasteiger partial charge in [-0.2, -0.15) is 0 Å². The first-order chi connectivity index (χ1) is 11.0. The number of amides is 1. The molecule has 1 amide bonds. The van der Waals surface area contributed by atoms with Crippen molar-refractivity contribution in [1.29, 1.82) is 0 Å². The largest absolute Gasteiger partial charge is 0.356 e. The molecule has 0 unspecified atom stereocenters. The molecule has 0 bridgehead atoms. The molecule has 1 aromatic rings. The molecular formula is C18H29NO3S. The summed E-state index contributed by atoms with van der Waals surface area (Å²) in [5, 5.41) is 2.88. The zero-order chi connectivity index (χ0) is 17.1. The first-order valence-corrected chi connectivity index (χ1v) is 10.3. The Morgan fingerprint density at radius 1 is 1.17 bits per heavy atom. The number of sulfone groups is 1. The highest BCUT2D eigenvalue weighted by molar-refractivity contribution is 7.90. The molecule has 0 aliphatic rings. The minimum Gasteiger partial charge on any atom is -0.356 e. The molecule has 0 fully saturated rings. The number of hydrogen-bond acceptors (Lipinski definition) is 3. The van der Waals surface area contributed by atoms with Crippen LogP contribution in [-0.4, -0.2) is 26.6 Å². The van der Waals surface area contributed by atoms with Gasteiger partial charge < -0.3 is 5.32 Å². The van der Waals surface area contributed by atoms with E-state index in [0.717, 1.165) is 24.8 Å². The number of carbonyl (C=O) groups excluding carboxylic acids is 1. The first kappa shape index (κ1) is 19.7. The smallest absolute Gasteiger partial charge is 0.221 e. The second-order valence-corrected chi connectivity index (χ2v) is 8.23.